The standard InChI is InChI=1S/C29H24F3N5OS/c30-29(31,32)25-18-22(24-12-7-17-39-24)33-26-19-23(34-37(25)26)28(38)36-15-13-35(14-16-36)27(20-8-3-1-4-9-20)21-10-5-2-6-11-21/h1-12,17-19,27H,13-16H2/p+1. The van der Waals surface area contributed by atoms with Crippen molar-refractivity contribution >= 4 is 22.9 Å². The zero-order valence-corrected chi connectivity index (χ0v) is 21.6. The van der Waals surface area contributed by atoms with Crippen LogP contribution in [-0.4, -0.2) is 51.6 Å². The predicted molar refractivity (Wildman–Crippen MR) is 143 cm³/mol. The maximum absolute atomic E-state index is 13.9. The highest BCUT2D eigenvalue weighted by molar-refractivity contribution is 7.13. The molecule has 6 nitrogen and oxygen atoms in total. The van der Waals surface area contributed by atoms with Gasteiger partial charge in [0.05, 0.1) is 36.8 Å². The number of carbonyl (C=O) groups excluding carboxylic acids is 1. The smallest absolute Gasteiger partial charge is 0.326 e. The van der Waals surface area contributed by atoms with E-state index in [0.29, 0.717) is 31.1 Å². The van der Waals surface area contributed by atoms with Crippen LogP contribution in [0.1, 0.15) is 33.4 Å². The lowest BCUT2D eigenvalue weighted by Crippen LogP contribution is -3.15. The monoisotopic (exact) mass is 548 g/mol. The molecule has 39 heavy (non-hydrogen) atoms. The summed E-state index contributed by atoms with van der Waals surface area (Å²) in [5.41, 5.74) is 1.60. The first-order valence-electron chi connectivity index (χ1n) is 12.6. The number of piperazine rings is 1. The molecule has 0 saturated carbocycles. The lowest BCUT2D eigenvalue weighted by molar-refractivity contribution is -0.929. The molecule has 0 bridgehead atoms. The first kappa shape index (κ1) is 25.3. The average Bonchev–Trinajstić information content (AvgIpc) is 3.64. The minimum Gasteiger partial charge on any atom is -0.326 e. The van der Waals surface area contributed by atoms with Crippen LogP contribution in [0.15, 0.2) is 90.3 Å². The number of rotatable bonds is 5. The van der Waals surface area contributed by atoms with Gasteiger partial charge in [0.15, 0.2) is 17.0 Å². The molecule has 1 aliphatic heterocycles. The van der Waals surface area contributed by atoms with Crippen molar-refractivity contribution in [2.75, 3.05) is 26.2 Å². The van der Waals surface area contributed by atoms with E-state index in [2.05, 4.69) is 34.3 Å². The molecule has 1 fully saturated rings. The van der Waals surface area contributed by atoms with Gasteiger partial charge in [0.25, 0.3) is 5.91 Å². The molecule has 5 aromatic rings. The number of thiophene rings is 1. The van der Waals surface area contributed by atoms with E-state index in [1.165, 1.54) is 33.4 Å². The molecule has 1 saturated heterocycles. The molecule has 10 heteroatoms. The number of alkyl halides is 3. The Bertz CT molecular complexity index is 1540. The van der Waals surface area contributed by atoms with E-state index in [-0.39, 0.29) is 29.0 Å². The molecule has 1 N–H and O–H groups in total. The molecule has 1 aliphatic rings. The zero-order valence-electron chi connectivity index (χ0n) is 20.8. The highest BCUT2D eigenvalue weighted by Gasteiger charge is 2.37. The molecule has 0 atom stereocenters. The van der Waals surface area contributed by atoms with Crippen LogP contribution in [0.5, 0.6) is 0 Å². The Labute approximate surface area is 226 Å². The number of amides is 1. The van der Waals surface area contributed by atoms with Crippen molar-refractivity contribution in [3.8, 4) is 10.6 Å². The minimum atomic E-state index is -4.65. The summed E-state index contributed by atoms with van der Waals surface area (Å²) in [4.78, 5) is 21.4. The Morgan fingerprint density at radius 3 is 2.10 bits per heavy atom. The minimum absolute atomic E-state index is 0.00550. The van der Waals surface area contributed by atoms with Gasteiger partial charge in [0, 0.05) is 17.2 Å². The van der Waals surface area contributed by atoms with E-state index in [0.717, 1.165) is 10.6 Å². The number of fused-ring (bicyclic) bond motifs is 1. The summed E-state index contributed by atoms with van der Waals surface area (Å²) >= 11 is 1.30. The maximum Gasteiger partial charge on any atom is 0.433 e. The van der Waals surface area contributed by atoms with Crippen LogP contribution in [0.3, 0.4) is 0 Å². The highest BCUT2D eigenvalue weighted by Crippen LogP contribution is 2.33. The van der Waals surface area contributed by atoms with Crippen LogP contribution in [0, 0.1) is 0 Å². The van der Waals surface area contributed by atoms with Gasteiger partial charge in [-0.1, -0.05) is 66.7 Å². The van der Waals surface area contributed by atoms with E-state index >= 15 is 0 Å². The van der Waals surface area contributed by atoms with Gasteiger partial charge in [0.2, 0.25) is 0 Å². The third kappa shape index (κ3) is 5.05. The predicted octanol–water partition coefficient (Wildman–Crippen LogP) is 4.61. The van der Waals surface area contributed by atoms with Crippen LogP contribution >= 0.6 is 11.3 Å². The summed E-state index contributed by atoms with van der Waals surface area (Å²) in [6.45, 7) is 2.33. The fourth-order valence-corrected chi connectivity index (χ4v) is 5.92. The number of hydrogen-bond acceptors (Lipinski definition) is 4. The fraction of sp³-hybridized carbons (Fsp3) is 0.207. The van der Waals surface area contributed by atoms with Crippen molar-refractivity contribution in [2.45, 2.75) is 12.2 Å². The van der Waals surface area contributed by atoms with Gasteiger partial charge in [-0.05, 0) is 17.5 Å². The second-order valence-corrected chi connectivity index (χ2v) is 10.5. The molecular weight excluding hydrogens is 523 g/mol. The first-order chi connectivity index (χ1) is 18.9. The summed E-state index contributed by atoms with van der Waals surface area (Å²) in [6, 6.07) is 26.5. The van der Waals surface area contributed by atoms with Gasteiger partial charge < -0.3 is 9.80 Å². The van der Waals surface area contributed by atoms with E-state index in [9.17, 15) is 18.0 Å². The lowest BCUT2D eigenvalue weighted by Gasteiger charge is -2.36. The first-order valence-corrected chi connectivity index (χ1v) is 13.5. The maximum atomic E-state index is 13.9. The van der Waals surface area contributed by atoms with Crippen molar-refractivity contribution in [2.24, 2.45) is 0 Å². The van der Waals surface area contributed by atoms with Crippen molar-refractivity contribution in [1.29, 1.82) is 0 Å². The number of nitrogens with one attached hydrogen (secondary N) is 1. The Morgan fingerprint density at radius 1 is 0.897 bits per heavy atom. The Morgan fingerprint density at radius 2 is 1.54 bits per heavy atom. The largest absolute Gasteiger partial charge is 0.433 e. The van der Waals surface area contributed by atoms with Crippen LogP contribution in [0.25, 0.3) is 16.2 Å². The average molecular weight is 549 g/mol. The lowest BCUT2D eigenvalue weighted by atomic mass is 9.96. The number of halogens is 3. The topological polar surface area (TPSA) is 54.9 Å². The number of hydrogen-bond donors (Lipinski definition) is 1. The Hall–Kier alpha value is -4.02. The fourth-order valence-electron chi connectivity index (χ4n) is 5.23. The summed E-state index contributed by atoms with van der Waals surface area (Å²) < 4.78 is 42.5. The van der Waals surface area contributed by atoms with Crippen molar-refractivity contribution in [3.05, 3.63) is 113 Å². The summed E-state index contributed by atoms with van der Waals surface area (Å²) in [5, 5.41) is 5.84. The molecule has 198 valence electrons. The highest BCUT2D eigenvalue weighted by atomic mass is 32.1. The van der Waals surface area contributed by atoms with Crippen LogP contribution in [0.2, 0.25) is 0 Å². The Balaban J connectivity index is 1.25. The van der Waals surface area contributed by atoms with Gasteiger partial charge in [-0.15, -0.1) is 11.3 Å². The molecule has 0 aliphatic carbocycles. The van der Waals surface area contributed by atoms with Crippen molar-refractivity contribution in [3.63, 3.8) is 0 Å². The SMILES string of the molecule is O=C(c1cc2nc(-c3cccs3)cc(C(F)(F)F)n2n1)N1CC[NH+](C(c2ccccc2)c2ccccc2)CC1. The molecule has 4 heterocycles. The normalized spacial score (nSPS) is 14.8. The van der Waals surface area contributed by atoms with Crippen molar-refractivity contribution < 1.29 is 22.9 Å². The number of nitrogens with zero attached hydrogens (tertiary/aromatic N) is 4. The molecule has 0 spiro atoms. The van der Waals surface area contributed by atoms with Gasteiger partial charge in [-0.3, -0.25) is 4.79 Å². The van der Waals surface area contributed by atoms with E-state index in [1.807, 2.05) is 36.4 Å². The number of quaternary nitrogens is 1. The summed E-state index contributed by atoms with van der Waals surface area (Å²) in [7, 11) is 0. The van der Waals surface area contributed by atoms with Crippen LogP contribution in [0.4, 0.5) is 13.2 Å². The quantitative estimate of drug-likeness (QED) is 0.349. The molecule has 6 rings (SSSR count). The van der Waals surface area contributed by atoms with Crippen LogP contribution < -0.4 is 4.90 Å². The molecule has 3 aromatic heterocycles. The number of aromatic nitrogens is 3. The number of benzene rings is 2. The Kier molecular flexibility index (Phi) is 6.66. The summed E-state index contributed by atoms with van der Waals surface area (Å²) in [6.07, 6.45) is -4.65. The number of carbonyl (C=O) groups is 1. The molecule has 0 unspecified atom stereocenters. The zero-order chi connectivity index (χ0) is 27.0. The van der Waals surface area contributed by atoms with Crippen molar-refractivity contribution in [1.82, 2.24) is 19.5 Å². The van der Waals surface area contributed by atoms with Gasteiger partial charge in [-0.25, -0.2) is 9.50 Å². The van der Waals surface area contributed by atoms with Gasteiger partial charge in [0.1, 0.15) is 6.04 Å². The van der Waals surface area contributed by atoms with E-state index < -0.39 is 11.9 Å². The van der Waals surface area contributed by atoms with Gasteiger partial charge >= 0.3 is 6.18 Å². The van der Waals surface area contributed by atoms with E-state index in [4.69, 9.17) is 0 Å². The van der Waals surface area contributed by atoms with Crippen LogP contribution in [-0.2, 0) is 6.18 Å². The summed E-state index contributed by atoms with van der Waals surface area (Å²) in [5.74, 6) is -0.388. The molecule has 0 radical (unpaired) electrons. The van der Waals surface area contributed by atoms with E-state index in [1.54, 1.807) is 22.4 Å². The third-order valence-corrected chi connectivity index (χ3v) is 7.97. The molecule has 1 amide bonds. The molecule has 2 aromatic carbocycles. The second kappa shape index (κ2) is 10.3. The molecular formula is C29H25F3N5OS+. The second-order valence-electron chi connectivity index (χ2n) is 9.51. The van der Waals surface area contributed by atoms with Gasteiger partial charge in [-0.2, -0.15) is 18.3 Å². The third-order valence-electron chi connectivity index (χ3n) is 7.08.